The largest absolute Gasteiger partial charge is 0.395 e. The van der Waals surface area contributed by atoms with Crippen LogP contribution in [0.2, 0.25) is 0 Å². The molecule has 0 amide bonds. The highest BCUT2D eigenvalue weighted by molar-refractivity contribution is 7.89. The Balaban J connectivity index is 2.90. The molecular weight excluding hydrogens is 194 g/mol. The van der Waals surface area contributed by atoms with Gasteiger partial charge in [0, 0.05) is 6.04 Å². The number of hydrogen-bond donors (Lipinski definition) is 1. The summed E-state index contributed by atoms with van der Waals surface area (Å²) < 4.78 is 29.2. The van der Waals surface area contributed by atoms with Gasteiger partial charge < -0.3 is 9.84 Å². The van der Waals surface area contributed by atoms with E-state index in [2.05, 4.69) is 0 Å². The van der Waals surface area contributed by atoms with Gasteiger partial charge in [-0.1, -0.05) is 0 Å². The van der Waals surface area contributed by atoms with Crippen LogP contribution in [0.3, 0.4) is 0 Å². The number of aliphatic hydroxyl groups is 1. The van der Waals surface area contributed by atoms with Crippen LogP contribution in [0.5, 0.6) is 0 Å². The molecule has 1 atom stereocenters. The summed E-state index contributed by atoms with van der Waals surface area (Å²) in [7, 11) is -3.33. The van der Waals surface area contributed by atoms with Crippen LogP contribution in [0.4, 0.5) is 0 Å². The topological polar surface area (TPSA) is 66.8 Å². The summed E-state index contributed by atoms with van der Waals surface area (Å²) in [6.07, 6.45) is 0. The van der Waals surface area contributed by atoms with Crippen molar-refractivity contribution in [1.29, 1.82) is 0 Å². The molecule has 1 aliphatic heterocycles. The van der Waals surface area contributed by atoms with Gasteiger partial charge in [0.05, 0.1) is 19.3 Å². The summed E-state index contributed by atoms with van der Waals surface area (Å²) in [5, 5.41) is 8.96. The first-order chi connectivity index (χ1) is 5.99. The number of aliphatic hydroxyl groups excluding tert-OH is 1. The minimum atomic E-state index is -3.33. The summed E-state index contributed by atoms with van der Waals surface area (Å²) in [5.74, 6) is -0.276. The molecule has 5 nitrogen and oxygen atoms in total. The predicted octanol–water partition coefficient (Wildman–Crippen LogP) is -0.625. The van der Waals surface area contributed by atoms with Gasteiger partial charge in [-0.25, -0.2) is 8.42 Å². The van der Waals surface area contributed by atoms with Crippen LogP contribution in [0.15, 0.2) is 0 Å². The van der Waals surface area contributed by atoms with E-state index in [0.29, 0.717) is 0 Å². The molecule has 0 radical (unpaired) electrons. The lowest BCUT2D eigenvalue weighted by molar-refractivity contribution is 0.0472. The molecule has 0 aromatic heterocycles. The second-order valence-corrected chi connectivity index (χ2v) is 5.18. The Bertz CT molecular complexity index is 262. The Kier molecular flexibility index (Phi) is 3.28. The highest BCUT2D eigenvalue weighted by Crippen LogP contribution is 2.17. The van der Waals surface area contributed by atoms with E-state index in [9.17, 15) is 8.42 Å². The minimum Gasteiger partial charge on any atom is -0.395 e. The third kappa shape index (κ3) is 2.19. The normalized spacial score (nSPS) is 29.4. The van der Waals surface area contributed by atoms with Crippen molar-refractivity contribution in [3.05, 3.63) is 0 Å². The molecule has 6 heteroatoms. The summed E-state index contributed by atoms with van der Waals surface area (Å²) in [4.78, 5) is 0. The van der Waals surface area contributed by atoms with Crippen LogP contribution in [-0.4, -0.2) is 49.1 Å². The van der Waals surface area contributed by atoms with Crippen molar-refractivity contribution in [2.75, 3.05) is 19.2 Å². The average Bonchev–Trinajstić information content (AvgIpc) is 2.01. The second-order valence-electron chi connectivity index (χ2n) is 3.36. The third-order valence-corrected chi connectivity index (χ3v) is 3.77. The molecule has 0 aromatic rings. The van der Waals surface area contributed by atoms with Gasteiger partial charge in [-0.05, 0) is 13.8 Å². The van der Waals surface area contributed by atoms with Gasteiger partial charge in [0.15, 0.2) is 5.94 Å². The van der Waals surface area contributed by atoms with E-state index in [0.717, 1.165) is 0 Å². The SMILES string of the molecule is CC(C)N1C(CO)COCS1(=O)=O. The standard InChI is InChI=1S/C7H15NO4S/c1-6(2)8-7(3-9)4-12-5-13(8,10)11/h6-7,9H,3-5H2,1-2H3. The van der Waals surface area contributed by atoms with Crippen molar-refractivity contribution in [2.45, 2.75) is 25.9 Å². The smallest absolute Gasteiger partial charge is 0.239 e. The fourth-order valence-corrected chi connectivity index (χ4v) is 3.18. The zero-order valence-electron chi connectivity index (χ0n) is 7.80. The van der Waals surface area contributed by atoms with Crippen molar-refractivity contribution in [3.8, 4) is 0 Å². The van der Waals surface area contributed by atoms with E-state index < -0.39 is 16.1 Å². The Morgan fingerprint density at radius 2 is 2.23 bits per heavy atom. The molecule has 1 N–H and O–H groups in total. The summed E-state index contributed by atoms with van der Waals surface area (Å²) in [6.45, 7) is 3.64. The van der Waals surface area contributed by atoms with Crippen LogP contribution in [0, 0.1) is 0 Å². The van der Waals surface area contributed by atoms with E-state index in [1.165, 1.54) is 4.31 Å². The van der Waals surface area contributed by atoms with Crippen molar-refractivity contribution >= 4 is 10.0 Å². The van der Waals surface area contributed by atoms with Gasteiger partial charge in [0.25, 0.3) is 0 Å². The van der Waals surface area contributed by atoms with Gasteiger partial charge in [-0.3, -0.25) is 0 Å². The lowest BCUT2D eigenvalue weighted by atomic mass is 10.3. The van der Waals surface area contributed by atoms with Crippen LogP contribution >= 0.6 is 0 Å². The van der Waals surface area contributed by atoms with E-state index in [1.807, 2.05) is 0 Å². The zero-order chi connectivity index (χ0) is 10.1. The van der Waals surface area contributed by atoms with Crippen LogP contribution < -0.4 is 0 Å². The number of ether oxygens (including phenoxy) is 1. The van der Waals surface area contributed by atoms with Crippen molar-refractivity contribution in [3.63, 3.8) is 0 Å². The monoisotopic (exact) mass is 209 g/mol. The molecule has 1 fully saturated rings. The average molecular weight is 209 g/mol. The van der Waals surface area contributed by atoms with Crippen molar-refractivity contribution in [1.82, 2.24) is 4.31 Å². The molecule has 0 saturated carbocycles. The van der Waals surface area contributed by atoms with Gasteiger partial charge >= 0.3 is 0 Å². The highest BCUT2D eigenvalue weighted by Gasteiger charge is 2.36. The Morgan fingerprint density at radius 3 is 2.62 bits per heavy atom. The quantitative estimate of drug-likeness (QED) is 0.658. The van der Waals surface area contributed by atoms with Crippen LogP contribution in [0.1, 0.15) is 13.8 Å². The van der Waals surface area contributed by atoms with Crippen molar-refractivity contribution in [2.24, 2.45) is 0 Å². The number of rotatable bonds is 2. The number of sulfonamides is 1. The molecule has 0 bridgehead atoms. The molecule has 78 valence electrons. The third-order valence-electron chi connectivity index (χ3n) is 1.94. The molecular formula is C7H15NO4S. The van der Waals surface area contributed by atoms with Crippen molar-refractivity contribution < 1.29 is 18.3 Å². The molecule has 0 spiro atoms. The maximum absolute atomic E-state index is 11.5. The fourth-order valence-electron chi connectivity index (χ4n) is 1.53. The molecule has 1 aliphatic rings. The van der Waals surface area contributed by atoms with Crippen LogP contribution in [-0.2, 0) is 14.8 Å². The van der Waals surface area contributed by atoms with Crippen LogP contribution in [0.25, 0.3) is 0 Å². The van der Waals surface area contributed by atoms with Gasteiger partial charge in [-0.15, -0.1) is 0 Å². The summed E-state index contributed by atoms with van der Waals surface area (Å²) >= 11 is 0. The minimum absolute atomic E-state index is 0.133. The molecule has 13 heavy (non-hydrogen) atoms. The molecule has 0 aliphatic carbocycles. The van der Waals surface area contributed by atoms with Gasteiger partial charge in [0.1, 0.15) is 0 Å². The van der Waals surface area contributed by atoms with E-state index in [-0.39, 0.29) is 25.2 Å². The molecule has 1 rings (SSSR count). The lowest BCUT2D eigenvalue weighted by Gasteiger charge is -2.36. The maximum Gasteiger partial charge on any atom is 0.239 e. The predicted molar refractivity (Wildman–Crippen MR) is 47.6 cm³/mol. The molecule has 1 unspecified atom stereocenters. The summed E-state index contributed by atoms with van der Waals surface area (Å²) in [6, 6.07) is -0.565. The van der Waals surface area contributed by atoms with E-state index >= 15 is 0 Å². The Labute approximate surface area is 78.4 Å². The fraction of sp³-hybridized carbons (Fsp3) is 1.00. The first-order valence-electron chi connectivity index (χ1n) is 4.19. The van der Waals surface area contributed by atoms with Gasteiger partial charge in [-0.2, -0.15) is 4.31 Å². The Hall–Kier alpha value is -0.170. The second kappa shape index (κ2) is 3.91. The Morgan fingerprint density at radius 1 is 1.62 bits per heavy atom. The highest BCUT2D eigenvalue weighted by atomic mass is 32.2. The van der Waals surface area contributed by atoms with E-state index in [1.54, 1.807) is 13.8 Å². The molecule has 1 saturated heterocycles. The maximum atomic E-state index is 11.5. The van der Waals surface area contributed by atoms with Gasteiger partial charge in [0.2, 0.25) is 10.0 Å². The zero-order valence-corrected chi connectivity index (χ0v) is 8.62. The molecule has 0 aromatic carbocycles. The number of hydrogen-bond acceptors (Lipinski definition) is 4. The first kappa shape index (κ1) is 10.9. The first-order valence-corrected chi connectivity index (χ1v) is 5.79. The lowest BCUT2D eigenvalue weighted by Crippen LogP contribution is -2.53. The molecule has 1 heterocycles. The number of nitrogens with zero attached hydrogens (tertiary/aromatic N) is 1. The summed E-state index contributed by atoms with van der Waals surface area (Å²) in [5.41, 5.74) is 0. The van der Waals surface area contributed by atoms with E-state index in [4.69, 9.17) is 9.84 Å².